The average Bonchev–Trinajstić information content (AvgIpc) is 2.27. The number of nitrogens with one attached hydrogen (secondary N) is 1. The van der Waals surface area contributed by atoms with Crippen molar-refractivity contribution in [3.8, 4) is 0 Å². The van der Waals surface area contributed by atoms with E-state index in [0.29, 0.717) is 0 Å². The molecule has 0 amide bonds. The van der Waals surface area contributed by atoms with Gasteiger partial charge in [-0.3, -0.25) is 0 Å². The van der Waals surface area contributed by atoms with E-state index in [1.54, 1.807) is 0 Å². The summed E-state index contributed by atoms with van der Waals surface area (Å²) in [5, 5.41) is 13.3. The van der Waals surface area contributed by atoms with Crippen LogP contribution in [0, 0.1) is 5.92 Å². The van der Waals surface area contributed by atoms with Gasteiger partial charge in [0.2, 0.25) is 0 Å². The van der Waals surface area contributed by atoms with Crippen LogP contribution in [0.4, 0.5) is 0 Å². The number of hydrogen-bond donors (Lipinski definition) is 2. The van der Waals surface area contributed by atoms with Crippen molar-refractivity contribution >= 4 is 0 Å². The Balaban J connectivity index is 2.19. The Morgan fingerprint density at radius 3 is 2.82 bits per heavy atom. The summed E-state index contributed by atoms with van der Waals surface area (Å²) in [6.07, 6.45) is 4.76. The Morgan fingerprint density at radius 1 is 1.41 bits per heavy atom. The molecule has 1 heterocycles. The Kier molecular flexibility index (Phi) is 6.45. The molecule has 1 rings (SSSR count). The minimum absolute atomic E-state index is 0.520. The molecule has 0 saturated carbocycles. The Morgan fingerprint density at radius 2 is 2.18 bits per heavy atom. The lowest BCUT2D eigenvalue weighted by atomic mass is 9.96. The van der Waals surface area contributed by atoms with Gasteiger partial charge >= 0.3 is 0 Å². The van der Waals surface area contributed by atoms with Crippen molar-refractivity contribution in [3.63, 3.8) is 0 Å². The fraction of sp³-hybridized carbons (Fsp3) is 1.00. The highest BCUT2D eigenvalue weighted by molar-refractivity contribution is 4.76. The number of aliphatic hydroxyl groups is 1. The summed E-state index contributed by atoms with van der Waals surface area (Å²) in [6.45, 7) is 11.8. The van der Waals surface area contributed by atoms with Gasteiger partial charge in [0.15, 0.2) is 0 Å². The first-order valence-corrected chi connectivity index (χ1v) is 7.16. The van der Waals surface area contributed by atoms with Crippen LogP contribution in [0.2, 0.25) is 0 Å². The monoisotopic (exact) mass is 242 g/mol. The third-order valence-corrected chi connectivity index (χ3v) is 3.50. The van der Waals surface area contributed by atoms with E-state index in [1.165, 1.54) is 32.4 Å². The lowest BCUT2D eigenvalue weighted by Crippen LogP contribution is -2.41. The third-order valence-electron chi connectivity index (χ3n) is 3.50. The molecule has 3 heteroatoms. The predicted molar refractivity (Wildman–Crippen MR) is 73.2 cm³/mol. The molecule has 102 valence electrons. The molecule has 0 aromatic rings. The maximum absolute atomic E-state index is 9.75. The minimum Gasteiger partial charge on any atom is -0.390 e. The molecular formula is C14H30N2O. The van der Waals surface area contributed by atoms with Crippen molar-refractivity contribution in [2.75, 3.05) is 32.7 Å². The normalized spacial score (nSPS) is 22.9. The maximum atomic E-state index is 9.75. The van der Waals surface area contributed by atoms with Crippen LogP contribution in [0.15, 0.2) is 0 Å². The summed E-state index contributed by atoms with van der Waals surface area (Å²) < 4.78 is 0. The van der Waals surface area contributed by atoms with Gasteiger partial charge in [-0.25, -0.2) is 0 Å². The van der Waals surface area contributed by atoms with Crippen molar-refractivity contribution < 1.29 is 5.11 Å². The Bertz CT molecular complexity index is 201. The molecule has 17 heavy (non-hydrogen) atoms. The van der Waals surface area contributed by atoms with Crippen LogP contribution in [0.3, 0.4) is 0 Å². The summed E-state index contributed by atoms with van der Waals surface area (Å²) in [5.41, 5.74) is -0.520. The van der Waals surface area contributed by atoms with Gasteiger partial charge in [0, 0.05) is 13.1 Å². The summed E-state index contributed by atoms with van der Waals surface area (Å²) in [5.74, 6) is 0.803. The van der Waals surface area contributed by atoms with Crippen molar-refractivity contribution in [3.05, 3.63) is 0 Å². The summed E-state index contributed by atoms with van der Waals surface area (Å²) in [6, 6.07) is 0. The number of likely N-dealkylation sites (tertiary alicyclic amines) is 1. The van der Waals surface area contributed by atoms with Gasteiger partial charge in [-0.2, -0.15) is 0 Å². The first kappa shape index (κ1) is 14.9. The second-order valence-corrected chi connectivity index (χ2v) is 6.08. The van der Waals surface area contributed by atoms with E-state index in [1.807, 2.05) is 13.8 Å². The zero-order chi connectivity index (χ0) is 12.7. The molecule has 1 aliphatic rings. The molecule has 0 aromatic carbocycles. The van der Waals surface area contributed by atoms with E-state index < -0.39 is 5.60 Å². The van der Waals surface area contributed by atoms with Crippen molar-refractivity contribution in [2.24, 2.45) is 5.92 Å². The smallest absolute Gasteiger partial charge is 0.0603 e. The van der Waals surface area contributed by atoms with Gasteiger partial charge in [0.1, 0.15) is 0 Å². The van der Waals surface area contributed by atoms with E-state index in [4.69, 9.17) is 0 Å². The zero-order valence-electron chi connectivity index (χ0n) is 11.8. The molecule has 1 unspecified atom stereocenters. The van der Waals surface area contributed by atoms with Crippen LogP contribution in [0.25, 0.3) is 0 Å². The number of hydrogen-bond acceptors (Lipinski definition) is 3. The van der Waals surface area contributed by atoms with E-state index in [9.17, 15) is 5.11 Å². The number of piperidine rings is 1. The molecular weight excluding hydrogens is 212 g/mol. The second-order valence-electron chi connectivity index (χ2n) is 6.08. The molecule has 1 fully saturated rings. The molecule has 1 atom stereocenters. The van der Waals surface area contributed by atoms with Crippen molar-refractivity contribution in [1.82, 2.24) is 10.2 Å². The molecule has 0 aromatic heterocycles. The standard InChI is InChI=1S/C14H30N2O/c1-4-8-15-11-13-6-5-9-16(12-13)10-7-14(2,3)17/h13,15,17H,4-12H2,1-3H3. The zero-order valence-corrected chi connectivity index (χ0v) is 11.8. The third kappa shape index (κ3) is 7.02. The Hall–Kier alpha value is -0.120. The van der Waals surface area contributed by atoms with E-state index in [0.717, 1.165) is 32.0 Å². The largest absolute Gasteiger partial charge is 0.390 e. The van der Waals surface area contributed by atoms with Gasteiger partial charge in [0.25, 0.3) is 0 Å². The number of rotatable bonds is 7. The van der Waals surface area contributed by atoms with Crippen molar-refractivity contribution in [2.45, 2.75) is 52.1 Å². The summed E-state index contributed by atoms with van der Waals surface area (Å²) in [7, 11) is 0. The molecule has 2 N–H and O–H groups in total. The molecule has 0 radical (unpaired) electrons. The minimum atomic E-state index is -0.520. The van der Waals surface area contributed by atoms with Crippen LogP contribution >= 0.6 is 0 Å². The quantitative estimate of drug-likeness (QED) is 0.669. The van der Waals surface area contributed by atoms with Gasteiger partial charge < -0.3 is 15.3 Å². The second kappa shape index (κ2) is 7.34. The van der Waals surface area contributed by atoms with Crippen LogP contribution in [-0.4, -0.2) is 48.3 Å². The summed E-state index contributed by atoms with van der Waals surface area (Å²) in [4.78, 5) is 2.51. The van der Waals surface area contributed by atoms with Crippen LogP contribution in [0.5, 0.6) is 0 Å². The SMILES string of the molecule is CCCNCC1CCCN(CCC(C)(C)O)C1. The van der Waals surface area contributed by atoms with Gasteiger partial charge in [-0.15, -0.1) is 0 Å². The Labute approximate surface area is 107 Å². The number of nitrogens with zero attached hydrogens (tertiary/aromatic N) is 1. The van der Waals surface area contributed by atoms with E-state index in [2.05, 4.69) is 17.1 Å². The first-order valence-electron chi connectivity index (χ1n) is 7.16. The molecule has 0 spiro atoms. The lowest BCUT2D eigenvalue weighted by molar-refractivity contribution is 0.0505. The van der Waals surface area contributed by atoms with Crippen LogP contribution in [-0.2, 0) is 0 Å². The van der Waals surface area contributed by atoms with Crippen molar-refractivity contribution in [1.29, 1.82) is 0 Å². The van der Waals surface area contributed by atoms with E-state index >= 15 is 0 Å². The highest BCUT2D eigenvalue weighted by Gasteiger charge is 2.21. The molecule has 3 nitrogen and oxygen atoms in total. The fourth-order valence-electron chi connectivity index (χ4n) is 2.44. The van der Waals surface area contributed by atoms with Gasteiger partial charge in [-0.1, -0.05) is 6.92 Å². The highest BCUT2D eigenvalue weighted by Crippen LogP contribution is 2.17. The lowest BCUT2D eigenvalue weighted by Gasteiger charge is -2.34. The average molecular weight is 242 g/mol. The molecule has 1 saturated heterocycles. The topological polar surface area (TPSA) is 35.5 Å². The predicted octanol–water partition coefficient (Wildman–Crippen LogP) is 1.86. The van der Waals surface area contributed by atoms with Crippen LogP contribution < -0.4 is 5.32 Å². The first-order chi connectivity index (χ1) is 8.01. The highest BCUT2D eigenvalue weighted by atomic mass is 16.3. The maximum Gasteiger partial charge on any atom is 0.0603 e. The van der Waals surface area contributed by atoms with Gasteiger partial charge in [-0.05, 0) is 65.1 Å². The molecule has 0 bridgehead atoms. The van der Waals surface area contributed by atoms with Crippen LogP contribution in [0.1, 0.15) is 46.5 Å². The van der Waals surface area contributed by atoms with E-state index in [-0.39, 0.29) is 0 Å². The fourth-order valence-corrected chi connectivity index (χ4v) is 2.44. The summed E-state index contributed by atoms with van der Waals surface area (Å²) >= 11 is 0. The molecule has 1 aliphatic heterocycles. The van der Waals surface area contributed by atoms with Gasteiger partial charge in [0.05, 0.1) is 5.60 Å². The molecule has 0 aliphatic carbocycles.